The SMILES string of the molecule is C[C@H](O)C(OC(N)=O)(Oc1ccccc1)S(=O)(=O)C1CC1. The molecule has 2 atom stereocenters. The summed E-state index contributed by atoms with van der Waals surface area (Å²) in [4.78, 5) is 11.1. The Kier molecular flexibility index (Phi) is 4.11. The lowest BCUT2D eigenvalue weighted by Gasteiger charge is -2.34. The summed E-state index contributed by atoms with van der Waals surface area (Å²) in [5.41, 5.74) is 4.97. The molecule has 1 fully saturated rings. The van der Waals surface area contributed by atoms with Gasteiger partial charge in [-0.15, -0.1) is 0 Å². The van der Waals surface area contributed by atoms with Gasteiger partial charge in [0, 0.05) is 0 Å². The summed E-state index contributed by atoms with van der Waals surface area (Å²) >= 11 is 0. The standard InChI is InChI=1S/C13H17NO6S/c1-9(15)13(20-12(14)16,21(17,18)11-7-8-11)19-10-5-3-2-4-6-10/h2-6,9,11,15H,7-8H2,1H3,(H2,14,16)/t9-,13?/m0/s1. The van der Waals surface area contributed by atoms with Gasteiger partial charge in [-0.25, -0.2) is 13.2 Å². The zero-order valence-electron chi connectivity index (χ0n) is 11.4. The molecule has 1 unspecified atom stereocenters. The Morgan fingerprint density at radius 1 is 1.38 bits per heavy atom. The van der Waals surface area contributed by atoms with Gasteiger partial charge in [0.15, 0.2) is 0 Å². The maximum atomic E-state index is 12.6. The summed E-state index contributed by atoms with van der Waals surface area (Å²) in [7, 11) is -4.08. The van der Waals surface area contributed by atoms with Crippen molar-refractivity contribution in [2.75, 3.05) is 0 Å². The first-order chi connectivity index (χ1) is 9.79. The maximum absolute atomic E-state index is 12.6. The van der Waals surface area contributed by atoms with Crippen LogP contribution in [-0.4, -0.2) is 36.1 Å². The van der Waals surface area contributed by atoms with Crippen molar-refractivity contribution in [1.29, 1.82) is 0 Å². The fourth-order valence-electron chi connectivity index (χ4n) is 1.95. The number of benzene rings is 1. The van der Waals surface area contributed by atoms with Gasteiger partial charge < -0.3 is 20.3 Å². The van der Waals surface area contributed by atoms with Crippen molar-refractivity contribution >= 4 is 15.9 Å². The van der Waals surface area contributed by atoms with Crippen molar-refractivity contribution in [1.82, 2.24) is 0 Å². The molecule has 0 heterocycles. The Balaban J connectivity index is 2.48. The summed E-state index contributed by atoms with van der Waals surface area (Å²) in [6.07, 6.45) is -2.10. The third kappa shape index (κ3) is 2.96. The summed E-state index contributed by atoms with van der Waals surface area (Å²) < 4.78 is 35.3. The second kappa shape index (κ2) is 5.53. The zero-order chi connectivity index (χ0) is 15.7. The molecule has 0 spiro atoms. The number of aliphatic hydroxyl groups excluding tert-OH is 1. The molecule has 0 aliphatic heterocycles. The lowest BCUT2D eigenvalue weighted by molar-refractivity contribution is -0.135. The normalized spacial score (nSPS) is 19.3. The second-order valence-corrected chi connectivity index (χ2v) is 7.19. The monoisotopic (exact) mass is 315 g/mol. The molecule has 3 N–H and O–H groups in total. The largest absolute Gasteiger partial charge is 0.438 e. The molecule has 1 aromatic carbocycles. The minimum atomic E-state index is -4.08. The van der Waals surface area contributed by atoms with E-state index in [1.54, 1.807) is 18.2 Å². The number of carbonyl (C=O) groups is 1. The number of amides is 1. The Morgan fingerprint density at radius 2 is 1.95 bits per heavy atom. The average Bonchev–Trinajstić information content (AvgIpc) is 3.22. The van der Waals surface area contributed by atoms with Crippen LogP contribution in [0.4, 0.5) is 4.79 Å². The van der Waals surface area contributed by atoms with Crippen LogP contribution < -0.4 is 10.5 Å². The maximum Gasteiger partial charge on any atom is 0.408 e. The Bertz CT molecular complexity index is 611. The number of para-hydroxylation sites is 1. The highest BCUT2D eigenvalue weighted by molar-refractivity contribution is 7.93. The van der Waals surface area contributed by atoms with Crippen LogP contribution in [0.3, 0.4) is 0 Å². The first-order valence-electron chi connectivity index (χ1n) is 6.43. The van der Waals surface area contributed by atoms with Crippen LogP contribution in [0.25, 0.3) is 0 Å². The van der Waals surface area contributed by atoms with Gasteiger partial charge >= 0.3 is 11.2 Å². The van der Waals surface area contributed by atoms with E-state index in [9.17, 15) is 18.3 Å². The molecule has 1 aliphatic carbocycles. The average molecular weight is 315 g/mol. The molecule has 1 aromatic rings. The first-order valence-corrected chi connectivity index (χ1v) is 7.98. The van der Waals surface area contributed by atoms with Crippen LogP contribution >= 0.6 is 0 Å². The number of hydrogen-bond donors (Lipinski definition) is 2. The highest BCUT2D eigenvalue weighted by atomic mass is 32.2. The van der Waals surface area contributed by atoms with E-state index >= 15 is 0 Å². The number of sulfone groups is 1. The number of hydrogen-bond acceptors (Lipinski definition) is 6. The molecule has 0 radical (unpaired) electrons. The van der Waals surface area contributed by atoms with Crippen molar-refractivity contribution < 1.29 is 27.8 Å². The predicted octanol–water partition coefficient (Wildman–Crippen LogP) is 0.772. The van der Waals surface area contributed by atoms with Gasteiger partial charge in [0.25, 0.3) is 0 Å². The first kappa shape index (κ1) is 15.6. The van der Waals surface area contributed by atoms with Crippen LogP contribution in [0.2, 0.25) is 0 Å². The van der Waals surface area contributed by atoms with E-state index in [1.165, 1.54) is 19.1 Å². The highest BCUT2D eigenvalue weighted by Gasteiger charge is 2.60. The summed E-state index contributed by atoms with van der Waals surface area (Å²) in [6, 6.07) is 7.93. The fraction of sp³-hybridized carbons (Fsp3) is 0.462. The van der Waals surface area contributed by atoms with Crippen molar-refractivity contribution in [2.45, 2.75) is 36.2 Å². The minimum Gasteiger partial charge on any atom is -0.438 e. The molecule has 116 valence electrons. The molecule has 1 amide bonds. The van der Waals surface area contributed by atoms with Gasteiger partial charge in [-0.3, -0.25) is 0 Å². The van der Waals surface area contributed by atoms with E-state index in [-0.39, 0.29) is 5.75 Å². The molecule has 0 bridgehead atoms. The highest BCUT2D eigenvalue weighted by Crippen LogP contribution is 2.40. The molecule has 0 saturated heterocycles. The number of nitrogens with two attached hydrogens (primary N) is 1. The summed E-state index contributed by atoms with van der Waals surface area (Å²) in [5, 5.41) is 6.70. The number of primary amides is 1. The van der Waals surface area contributed by atoms with Gasteiger partial charge in [0.2, 0.25) is 9.84 Å². The van der Waals surface area contributed by atoms with Gasteiger partial charge in [-0.05, 0) is 31.9 Å². The zero-order valence-corrected chi connectivity index (χ0v) is 12.2. The number of carbonyl (C=O) groups excluding carboxylic acids is 1. The van der Waals surface area contributed by atoms with Gasteiger partial charge in [-0.2, -0.15) is 0 Å². The molecule has 8 heteroatoms. The Labute approximate surface area is 122 Å². The molecule has 2 rings (SSSR count). The minimum absolute atomic E-state index is 0.142. The predicted molar refractivity (Wildman–Crippen MR) is 74.1 cm³/mol. The van der Waals surface area contributed by atoms with Gasteiger partial charge in [0.1, 0.15) is 11.9 Å². The lowest BCUT2D eigenvalue weighted by Crippen LogP contribution is -2.58. The Hall–Kier alpha value is -1.80. The van der Waals surface area contributed by atoms with E-state index in [2.05, 4.69) is 0 Å². The number of ether oxygens (including phenoxy) is 2. The molecule has 21 heavy (non-hydrogen) atoms. The van der Waals surface area contributed by atoms with Gasteiger partial charge in [-0.1, -0.05) is 18.2 Å². The lowest BCUT2D eigenvalue weighted by atomic mass is 10.3. The van der Waals surface area contributed by atoms with Crippen molar-refractivity contribution in [3.63, 3.8) is 0 Å². The van der Waals surface area contributed by atoms with Crippen molar-refractivity contribution in [3.05, 3.63) is 30.3 Å². The van der Waals surface area contributed by atoms with Crippen LogP contribution in [-0.2, 0) is 14.6 Å². The van der Waals surface area contributed by atoms with E-state index in [0.717, 1.165) is 0 Å². The summed E-state index contributed by atoms with van der Waals surface area (Å²) in [6.45, 7) is 1.17. The molecule has 0 aromatic heterocycles. The van der Waals surface area contributed by atoms with E-state index < -0.39 is 32.4 Å². The van der Waals surface area contributed by atoms with Crippen LogP contribution in [0.15, 0.2) is 30.3 Å². The topological polar surface area (TPSA) is 116 Å². The van der Waals surface area contributed by atoms with Gasteiger partial charge in [0.05, 0.1) is 5.25 Å². The van der Waals surface area contributed by atoms with E-state index in [1.807, 2.05) is 0 Å². The van der Waals surface area contributed by atoms with Crippen molar-refractivity contribution in [3.8, 4) is 5.75 Å². The quantitative estimate of drug-likeness (QED) is 0.749. The smallest absolute Gasteiger partial charge is 0.408 e. The van der Waals surface area contributed by atoms with E-state index in [0.29, 0.717) is 12.8 Å². The van der Waals surface area contributed by atoms with Crippen molar-refractivity contribution in [2.24, 2.45) is 5.73 Å². The van der Waals surface area contributed by atoms with Crippen LogP contribution in [0.5, 0.6) is 5.75 Å². The number of rotatable bonds is 6. The number of aliphatic hydroxyl groups is 1. The Morgan fingerprint density at radius 3 is 2.38 bits per heavy atom. The van der Waals surface area contributed by atoms with E-state index in [4.69, 9.17) is 15.2 Å². The molecular weight excluding hydrogens is 298 g/mol. The second-order valence-electron chi connectivity index (χ2n) is 4.86. The molecule has 1 aliphatic rings. The molecule has 1 saturated carbocycles. The third-order valence-corrected chi connectivity index (χ3v) is 5.77. The molecular formula is C13H17NO6S. The molecule has 7 nitrogen and oxygen atoms in total. The summed E-state index contributed by atoms with van der Waals surface area (Å²) in [5.74, 6) is 0.142. The van der Waals surface area contributed by atoms with Crippen LogP contribution in [0, 0.1) is 0 Å². The van der Waals surface area contributed by atoms with Crippen LogP contribution in [0.1, 0.15) is 19.8 Å². The fourth-order valence-corrected chi connectivity index (χ4v) is 4.06. The third-order valence-electron chi connectivity index (χ3n) is 3.12.